The van der Waals surface area contributed by atoms with Gasteiger partial charge in [-0.1, -0.05) is 23.8 Å². The number of hydrazone groups is 1. The van der Waals surface area contributed by atoms with E-state index in [1.54, 1.807) is 11.3 Å². The van der Waals surface area contributed by atoms with E-state index in [0.29, 0.717) is 5.11 Å². The van der Waals surface area contributed by atoms with Crippen LogP contribution < -0.4 is 10.7 Å². The van der Waals surface area contributed by atoms with Crippen LogP contribution in [0.25, 0.3) is 0 Å². The number of anilines is 1. The maximum absolute atomic E-state index is 5.19. The fourth-order valence-corrected chi connectivity index (χ4v) is 2.31. The van der Waals surface area contributed by atoms with Crippen molar-refractivity contribution in [3.8, 4) is 0 Å². The molecule has 0 aliphatic heterocycles. The molecule has 98 valence electrons. The smallest absolute Gasteiger partial charge is 0.191 e. The van der Waals surface area contributed by atoms with E-state index >= 15 is 0 Å². The minimum Gasteiger partial charge on any atom is -0.331 e. The Bertz CT molecular complexity index is 571. The van der Waals surface area contributed by atoms with Crippen molar-refractivity contribution in [3.63, 3.8) is 0 Å². The lowest BCUT2D eigenvalue weighted by atomic mass is 10.2. The van der Waals surface area contributed by atoms with Gasteiger partial charge in [0.25, 0.3) is 0 Å². The molecule has 0 unspecified atom stereocenters. The molecule has 1 aromatic heterocycles. The molecule has 19 heavy (non-hydrogen) atoms. The summed E-state index contributed by atoms with van der Waals surface area (Å²) in [7, 11) is 0. The maximum Gasteiger partial charge on any atom is 0.191 e. The molecule has 2 aromatic rings. The standard InChI is InChI=1S/C14H15N3S2/c1-10-5-7-12(8-6-10)15-14(18)17-16-11(2)13-4-3-9-19-13/h3-9H,1-2H3,(H2,15,17,18). The zero-order valence-electron chi connectivity index (χ0n) is 10.8. The topological polar surface area (TPSA) is 36.4 Å². The Morgan fingerprint density at radius 1 is 1.21 bits per heavy atom. The van der Waals surface area contributed by atoms with Gasteiger partial charge in [-0.15, -0.1) is 11.3 Å². The Balaban J connectivity index is 1.91. The number of aryl methyl sites for hydroxylation is 1. The first-order valence-corrected chi connectivity index (χ1v) is 7.16. The van der Waals surface area contributed by atoms with Crippen molar-refractivity contribution in [2.24, 2.45) is 5.10 Å². The summed E-state index contributed by atoms with van der Waals surface area (Å²) in [6.07, 6.45) is 0. The van der Waals surface area contributed by atoms with Gasteiger partial charge in [0.15, 0.2) is 5.11 Å². The summed E-state index contributed by atoms with van der Waals surface area (Å²) in [4.78, 5) is 1.13. The van der Waals surface area contributed by atoms with Crippen LogP contribution in [0.5, 0.6) is 0 Å². The minimum atomic E-state index is 0.486. The molecule has 0 saturated carbocycles. The molecule has 0 fully saturated rings. The zero-order chi connectivity index (χ0) is 13.7. The first-order chi connectivity index (χ1) is 9.15. The molecule has 0 amide bonds. The number of rotatable bonds is 3. The molecule has 0 atom stereocenters. The van der Waals surface area contributed by atoms with Crippen molar-refractivity contribution in [1.29, 1.82) is 0 Å². The third kappa shape index (κ3) is 4.15. The van der Waals surface area contributed by atoms with Crippen LogP contribution in [-0.4, -0.2) is 10.8 Å². The third-order valence-electron chi connectivity index (χ3n) is 2.51. The van der Waals surface area contributed by atoms with Crippen LogP contribution in [-0.2, 0) is 0 Å². The van der Waals surface area contributed by atoms with Crippen molar-refractivity contribution in [2.75, 3.05) is 5.32 Å². The molecule has 0 aliphatic carbocycles. The average molecular weight is 289 g/mol. The highest BCUT2D eigenvalue weighted by molar-refractivity contribution is 7.80. The molecule has 3 nitrogen and oxygen atoms in total. The van der Waals surface area contributed by atoms with Crippen molar-refractivity contribution in [1.82, 2.24) is 5.43 Å². The second-order valence-electron chi connectivity index (χ2n) is 4.11. The molecule has 0 bridgehead atoms. The van der Waals surface area contributed by atoms with Crippen LogP contribution in [0.2, 0.25) is 0 Å². The van der Waals surface area contributed by atoms with Crippen LogP contribution in [0, 0.1) is 6.92 Å². The monoisotopic (exact) mass is 289 g/mol. The van der Waals surface area contributed by atoms with Gasteiger partial charge in [-0.2, -0.15) is 5.10 Å². The lowest BCUT2D eigenvalue weighted by Crippen LogP contribution is -2.24. The van der Waals surface area contributed by atoms with Crippen molar-refractivity contribution < 1.29 is 0 Å². The number of thiocarbonyl (C=S) groups is 1. The van der Waals surface area contributed by atoms with Gasteiger partial charge in [-0.3, -0.25) is 5.43 Å². The van der Waals surface area contributed by atoms with Crippen molar-refractivity contribution in [2.45, 2.75) is 13.8 Å². The van der Waals surface area contributed by atoms with Gasteiger partial charge in [0.2, 0.25) is 0 Å². The van der Waals surface area contributed by atoms with Gasteiger partial charge in [0.1, 0.15) is 0 Å². The molecule has 0 aliphatic rings. The van der Waals surface area contributed by atoms with Gasteiger partial charge >= 0.3 is 0 Å². The minimum absolute atomic E-state index is 0.486. The summed E-state index contributed by atoms with van der Waals surface area (Å²) in [5.74, 6) is 0. The molecular weight excluding hydrogens is 274 g/mol. The second-order valence-corrected chi connectivity index (χ2v) is 5.46. The molecule has 1 heterocycles. The molecule has 0 saturated heterocycles. The summed E-state index contributed by atoms with van der Waals surface area (Å²) in [6, 6.07) is 12.1. The third-order valence-corrected chi connectivity index (χ3v) is 3.68. The number of hydrogen-bond donors (Lipinski definition) is 2. The number of hydrogen-bond acceptors (Lipinski definition) is 3. The molecular formula is C14H15N3S2. The van der Waals surface area contributed by atoms with E-state index in [0.717, 1.165) is 16.3 Å². The Kier molecular flexibility index (Phi) is 4.65. The van der Waals surface area contributed by atoms with E-state index in [4.69, 9.17) is 12.2 Å². The number of benzene rings is 1. The first-order valence-electron chi connectivity index (χ1n) is 5.87. The highest BCUT2D eigenvalue weighted by Crippen LogP contribution is 2.10. The van der Waals surface area contributed by atoms with Gasteiger partial charge < -0.3 is 5.32 Å². The van der Waals surface area contributed by atoms with Crippen molar-refractivity contribution >= 4 is 40.1 Å². The fourth-order valence-electron chi connectivity index (χ4n) is 1.47. The predicted molar refractivity (Wildman–Crippen MR) is 87.1 cm³/mol. The SMILES string of the molecule is CC(=NNC(=S)Nc1ccc(C)cc1)c1cccs1. The highest BCUT2D eigenvalue weighted by atomic mass is 32.1. The van der Waals surface area contributed by atoms with Crippen LogP contribution in [0.3, 0.4) is 0 Å². The summed E-state index contributed by atoms with van der Waals surface area (Å²) >= 11 is 6.84. The molecule has 0 radical (unpaired) electrons. The van der Waals surface area contributed by atoms with Crippen LogP contribution in [0.15, 0.2) is 46.9 Å². The van der Waals surface area contributed by atoms with E-state index in [-0.39, 0.29) is 0 Å². The van der Waals surface area contributed by atoms with E-state index in [2.05, 4.69) is 22.8 Å². The van der Waals surface area contributed by atoms with Crippen LogP contribution >= 0.6 is 23.6 Å². The zero-order valence-corrected chi connectivity index (χ0v) is 12.4. The number of thiophene rings is 1. The Labute approximate surface area is 122 Å². The molecule has 0 spiro atoms. The van der Waals surface area contributed by atoms with E-state index in [1.807, 2.05) is 48.7 Å². The molecule has 2 N–H and O–H groups in total. The van der Waals surface area contributed by atoms with E-state index < -0.39 is 0 Å². The summed E-state index contributed by atoms with van der Waals surface area (Å²) in [5, 5.41) is 9.85. The van der Waals surface area contributed by atoms with Gasteiger partial charge in [-0.25, -0.2) is 0 Å². The van der Waals surface area contributed by atoms with Crippen molar-refractivity contribution in [3.05, 3.63) is 52.2 Å². The van der Waals surface area contributed by atoms with E-state index in [9.17, 15) is 0 Å². The molecule has 2 rings (SSSR count). The summed E-state index contributed by atoms with van der Waals surface area (Å²) in [5.41, 5.74) is 5.94. The average Bonchev–Trinajstić information content (AvgIpc) is 2.93. The summed E-state index contributed by atoms with van der Waals surface area (Å²) in [6.45, 7) is 4.00. The Hall–Kier alpha value is -1.72. The maximum atomic E-state index is 5.19. The fraction of sp³-hybridized carbons (Fsp3) is 0.143. The number of nitrogens with one attached hydrogen (secondary N) is 2. The van der Waals surface area contributed by atoms with Gasteiger partial charge in [0, 0.05) is 10.6 Å². The Morgan fingerprint density at radius 3 is 2.58 bits per heavy atom. The quantitative estimate of drug-likeness (QED) is 0.513. The van der Waals surface area contributed by atoms with Crippen LogP contribution in [0.1, 0.15) is 17.4 Å². The molecule has 5 heteroatoms. The molecule has 1 aromatic carbocycles. The highest BCUT2D eigenvalue weighted by Gasteiger charge is 1.99. The first kappa shape index (κ1) is 13.7. The normalized spacial score (nSPS) is 11.2. The second kappa shape index (κ2) is 6.45. The van der Waals surface area contributed by atoms with Gasteiger partial charge in [-0.05, 0) is 49.6 Å². The predicted octanol–water partition coefficient (Wildman–Crippen LogP) is 3.77. The van der Waals surface area contributed by atoms with E-state index in [1.165, 1.54) is 5.56 Å². The largest absolute Gasteiger partial charge is 0.331 e. The number of nitrogens with zero attached hydrogens (tertiary/aromatic N) is 1. The lowest BCUT2D eigenvalue weighted by Gasteiger charge is -2.07. The van der Waals surface area contributed by atoms with Gasteiger partial charge in [0.05, 0.1) is 5.71 Å². The Morgan fingerprint density at radius 2 is 1.95 bits per heavy atom. The van der Waals surface area contributed by atoms with Crippen LogP contribution in [0.4, 0.5) is 5.69 Å². The summed E-state index contributed by atoms with van der Waals surface area (Å²) < 4.78 is 0. The lowest BCUT2D eigenvalue weighted by molar-refractivity contribution is 1.04.